The highest BCUT2D eigenvalue weighted by Gasteiger charge is 2.34. The Hall–Kier alpha value is 0.690. The second-order valence-electron chi connectivity index (χ2n) is 4.60. The molecule has 78 valence electrons. The van der Waals surface area contributed by atoms with Crippen LogP contribution >= 0.6 is 22.6 Å². The molecule has 1 aliphatic rings. The third-order valence-electron chi connectivity index (χ3n) is 3.56. The summed E-state index contributed by atoms with van der Waals surface area (Å²) < 4.78 is 6.79. The molecule has 2 heteroatoms. The van der Waals surface area contributed by atoms with Crippen molar-refractivity contribution in [3.05, 3.63) is 0 Å². The summed E-state index contributed by atoms with van der Waals surface area (Å²) in [6, 6.07) is 0. The number of alkyl halides is 1. The first-order chi connectivity index (χ1) is 6.13. The molecule has 0 bridgehead atoms. The first-order valence-corrected chi connectivity index (χ1v) is 6.77. The monoisotopic (exact) mass is 296 g/mol. The van der Waals surface area contributed by atoms with E-state index in [-0.39, 0.29) is 5.60 Å². The zero-order valence-corrected chi connectivity index (χ0v) is 11.1. The van der Waals surface area contributed by atoms with Crippen molar-refractivity contribution >= 4 is 22.6 Å². The first kappa shape index (κ1) is 11.8. The van der Waals surface area contributed by atoms with Gasteiger partial charge in [-0.05, 0) is 37.5 Å². The highest BCUT2D eigenvalue weighted by Crippen LogP contribution is 2.38. The quantitative estimate of drug-likeness (QED) is 0.570. The van der Waals surface area contributed by atoms with Gasteiger partial charge in [-0.3, -0.25) is 0 Å². The van der Waals surface area contributed by atoms with Crippen LogP contribution in [0.15, 0.2) is 0 Å². The van der Waals surface area contributed by atoms with E-state index in [2.05, 4.69) is 36.4 Å². The number of rotatable bonds is 3. The van der Waals surface area contributed by atoms with E-state index in [4.69, 9.17) is 4.74 Å². The Morgan fingerprint density at radius 3 is 2.23 bits per heavy atom. The van der Waals surface area contributed by atoms with Crippen molar-refractivity contribution in [3.8, 4) is 0 Å². The second kappa shape index (κ2) is 4.96. The van der Waals surface area contributed by atoms with Gasteiger partial charge in [0.05, 0.1) is 5.60 Å². The summed E-state index contributed by atoms with van der Waals surface area (Å²) in [4.78, 5) is 0. The van der Waals surface area contributed by atoms with Gasteiger partial charge in [-0.2, -0.15) is 0 Å². The highest BCUT2D eigenvalue weighted by atomic mass is 127. The van der Waals surface area contributed by atoms with Crippen LogP contribution in [0.5, 0.6) is 0 Å². The molecule has 0 N–H and O–H groups in total. The molecule has 1 rings (SSSR count). The summed E-state index contributed by atoms with van der Waals surface area (Å²) in [5.74, 6) is 1.79. The van der Waals surface area contributed by atoms with Crippen molar-refractivity contribution in [2.75, 3.05) is 11.5 Å². The van der Waals surface area contributed by atoms with E-state index in [1.165, 1.54) is 25.7 Å². The summed E-state index contributed by atoms with van der Waals surface area (Å²) >= 11 is 2.46. The van der Waals surface area contributed by atoms with Gasteiger partial charge < -0.3 is 4.74 Å². The maximum absolute atomic E-state index is 5.65. The lowest BCUT2D eigenvalue weighted by Crippen LogP contribution is -2.38. The van der Waals surface area contributed by atoms with Crippen LogP contribution in [-0.2, 0) is 4.74 Å². The summed E-state index contributed by atoms with van der Waals surface area (Å²) in [6.45, 7) is 4.68. The fourth-order valence-corrected chi connectivity index (χ4v) is 3.30. The lowest BCUT2D eigenvalue weighted by atomic mass is 9.75. The minimum Gasteiger partial charge on any atom is -0.377 e. The third kappa shape index (κ3) is 2.82. The molecule has 0 spiro atoms. The zero-order chi connectivity index (χ0) is 9.90. The van der Waals surface area contributed by atoms with E-state index >= 15 is 0 Å². The Morgan fingerprint density at radius 2 is 1.92 bits per heavy atom. The third-order valence-corrected chi connectivity index (χ3v) is 4.95. The van der Waals surface area contributed by atoms with Crippen LogP contribution in [0.1, 0.15) is 39.5 Å². The van der Waals surface area contributed by atoms with Gasteiger partial charge >= 0.3 is 0 Å². The van der Waals surface area contributed by atoms with Crippen molar-refractivity contribution in [1.29, 1.82) is 0 Å². The number of ether oxygens (including phenoxy) is 1. The molecule has 0 aromatic rings. The Balaban J connectivity index is 2.45. The SMILES string of the molecule is COC1(CI)CCC(C(C)C)CC1. The molecule has 0 saturated heterocycles. The molecule has 0 aromatic heterocycles. The summed E-state index contributed by atoms with van der Waals surface area (Å²) in [5.41, 5.74) is 0.214. The summed E-state index contributed by atoms with van der Waals surface area (Å²) in [5, 5.41) is 0. The van der Waals surface area contributed by atoms with E-state index in [0.717, 1.165) is 16.3 Å². The van der Waals surface area contributed by atoms with E-state index in [1.807, 2.05) is 7.11 Å². The van der Waals surface area contributed by atoms with Gasteiger partial charge in [0.15, 0.2) is 0 Å². The average Bonchev–Trinajstić information content (AvgIpc) is 2.18. The van der Waals surface area contributed by atoms with Crippen molar-refractivity contribution in [2.45, 2.75) is 45.1 Å². The second-order valence-corrected chi connectivity index (χ2v) is 5.37. The van der Waals surface area contributed by atoms with Crippen LogP contribution < -0.4 is 0 Å². The fourth-order valence-electron chi connectivity index (χ4n) is 2.23. The summed E-state index contributed by atoms with van der Waals surface area (Å²) in [6.07, 6.45) is 5.23. The fraction of sp³-hybridized carbons (Fsp3) is 1.00. The minimum atomic E-state index is 0.214. The number of hydrogen-bond acceptors (Lipinski definition) is 1. The highest BCUT2D eigenvalue weighted by molar-refractivity contribution is 14.1. The van der Waals surface area contributed by atoms with Crippen molar-refractivity contribution in [1.82, 2.24) is 0 Å². The molecule has 0 radical (unpaired) electrons. The number of halogens is 1. The maximum atomic E-state index is 5.65. The molecule has 1 aliphatic carbocycles. The molecule has 0 unspecified atom stereocenters. The molecule has 0 atom stereocenters. The molecule has 0 heterocycles. The van der Waals surface area contributed by atoms with Crippen LogP contribution in [-0.4, -0.2) is 17.1 Å². The van der Waals surface area contributed by atoms with Gasteiger partial charge in [0.25, 0.3) is 0 Å². The number of methoxy groups -OCH3 is 1. The summed E-state index contributed by atoms with van der Waals surface area (Å²) in [7, 11) is 1.87. The molecule has 0 aromatic carbocycles. The molecule has 13 heavy (non-hydrogen) atoms. The zero-order valence-electron chi connectivity index (χ0n) is 8.98. The molecule has 1 nitrogen and oxygen atoms in total. The number of hydrogen-bond donors (Lipinski definition) is 0. The van der Waals surface area contributed by atoms with Crippen LogP contribution in [0.3, 0.4) is 0 Å². The van der Waals surface area contributed by atoms with Gasteiger partial charge in [-0.25, -0.2) is 0 Å². The van der Waals surface area contributed by atoms with Gasteiger partial charge in [-0.15, -0.1) is 0 Å². The van der Waals surface area contributed by atoms with Gasteiger partial charge in [0.1, 0.15) is 0 Å². The Morgan fingerprint density at radius 1 is 1.38 bits per heavy atom. The van der Waals surface area contributed by atoms with Gasteiger partial charge in [-0.1, -0.05) is 36.4 Å². The first-order valence-electron chi connectivity index (χ1n) is 5.24. The topological polar surface area (TPSA) is 9.23 Å². The molecular weight excluding hydrogens is 275 g/mol. The molecule has 0 amide bonds. The van der Waals surface area contributed by atoms with Gasteiger partial charge in [0, 0.05) is 11.5 Å². The average molecular weight is 296 g/mol. The molecule has 1 saturated carbocycles. The normalized spacial score (nSPS) is 35.3. The minimum absolute atomic E-state index is 0.214. The van der Waals surface area contributed by atoms with E-state index < -0.39 is 0 Å². The predicted molar refractivity (Wildman–Crippen MR) is 65.4 cm³/mol. The van der Waals surface area contributed by atoms with Crippen molar-refractivity contribution < 1.29 is 4.74 Å². The Bertz CT molecular complexity index is 142. The smallest absolute Gasteiger partial charge is 0.0768 e. The molecule has 0 aliphatic heterocycles. The van der Waals surface area contributed by atoms with E-state index in [0.29, 0.717) is 0 Å². The Labute approximate surface area is 95.8 Å². The Kier molecular flexibility index (Phi) is 4.49. The standard InChI is InChI=1S/C11H21IO/c1-9(2)10-4-6-11(8-12,13-3)7-5-10/h9-10H,4-8H2,1-3H3. The lowest BCUT2D eigenvalue weighted by Gasteiger charge is -2.39. The van der Waals surface area contributed by atoms with E-state index in [1.54, 1.807) is 0 Å². The molecule has 1 fully saturated rings. The molecular formula is C11H21IO. The largest absolute Gasteiger partial charge is 0.377 e. The van der Waals surface area contributed by atoms with Crippen LogP contribution in [0.2, 0.25) is 0 Å². The lowest BCUT2D eigenvalue weighted by molar-refractivity contribution is -0.0319. The van der Waals surface area contributed by atoms with Crippen LogP contribution in [0.4, 0.5) is 0 Å². The van der Waals surface area contributed by atoms with Gasteiger partial charge in [0.2, 0.25) is 0 Å². The van der Waals surface area contributed by atoms with E-state index in [9.17, 15) is 0 Å². The van der Waals surface area contributed by atoms with Crippen molar-refractivity contribution in [2.24, 2.45) is 11.8 Å². The van der Waals surface area contributed by atoms with Crippen LogP contribution in [0.25, 0.3) is 0 Å². The van der Waals surface area contributed by atoms with Crippen LogP contribution in [0, 0.1) is 11.8 Å². The van der Waals surface area contributed by atoms with Crippen molar-refractivity contribution in [3.63, 3.8) is 0 Å². The maximum Gasteiger partial charge on any atom is 0.0768 e. The predicted octanol–water partition coefficient (Wildman–Crippen LogP) is 3.65.